The summed E-state index contributed by atoms with van der Waals surface area (Å²) in [6.07, 6.45) is 0. The number of nitrogen functional groups attached to an aromatic ring is 1. The molecule has 0 amide bonds. The molecule has 2 aromatic rings. The van der Waals surface area contributed by atoms with Crippen molar-refractivity contribution in [1.82, 2.24) is 0 Å². The molecule has 0 saturated carbocycles. The van der Waals surface area contributed by atoms with Gasteiger partial charge in [-0.3, -0.25) is 4.79 Å². The molecule has 3 heteroatoms. The lowest BCUT2D eigenvalue weighted by molar-refractivity contribution is 0.103. The third-order valence-corrected chi connectivity index (χ3v) is 3.76. The SMILES string of the molecule is Cc1cc(Cl)c(C(=O)c2cccc(N)c2C)cc1C. The average Bonchev–Trinajstić information content (AvgIpc) is 2.36. The van der Waals surface area contributed by atoms with Crippen molar-refractivity contribution in [2.75, 3.05) is 5.73 Å². The van der Waals surface area contributed by atoms with E-state index in [4.69, 9.17) is 17.3 Å². The van der Waals surface area contributed by atoms with E-state index in [1.54, 1.807) is 18.2 Å². The molecule has 0 aliphatic carbocycles. The lowest BCUT2D eigenvalue weighted by Gasteiger charge is -2.10. The maximum absolute atomic E-state index is 12.6. The van der Waals surface area contributed by atoms with Crippen molar-refractivity contribution >= 4 is 23.1 Å². The van der Waals surface area contributed by atoms with E-state index in [1.807, 2.05) is 32.9 Å². The van der Waals surface area contributed by atoms with E-state index in [2.05, 4.69) is 0 Å². The molecule has 0 aromatic heterocycles. The molecular weight excluding hydrogens is 258 g/mol. The molecule has 0 unspecified atom stereocenters. The fourth-order valence-electron chi connectivity index (χ4n) is 2.00. The quantitative estimate of drug-likeness (QED) is 0.662. The van der Waals surface area contributed by atoms with Gasteiger partial charge in [-0.2, -0.15) is 0 Å². The van der Waals surface area contributed by atoms with E-state index < -0.39 is 0 Å². The number of ketones is 1. The highest BCUT2D eigenvalue weighted by Gasteiger charge is 2.16. The van der Waals surface area contributed by atoms with Gasteiger partial charge in [0.1, 0.15) is 0 Å². The first-order chi connectivity index (χ1) is 8.91. The van der Waals surface area contributed by atoms with Crippen LogP contribution in [0.25, 0.3) is 0 Å². The van der Waals surface area contributed by atoms with Crippen LogP contribution in [-0.4, -0.2) is 5.78 Å². The Kier molecular flexibility index (Phi) is 3.63. The number of carbonyl (C=O) groups excluding carboxylic acids is 1. The van der Waals surface area contributed by atoms with Crippen LogP contribution in [0.5, 0.6) is 0 Å². The number of hydrogen-bond acceptors (Lipinski definition) is 2. The molecule has 0 saturated heterocycles. The molecule has 0 aliphatic heterocycles. The number of rotatable bonds is 2. The van der Waals surface area contributed by atoms with Crippen molar-refractivity contribution in [3.63, 3.8) is 0 Å². The summed E-state index contributed by atoms with van der Waals surface area (Å²) in [7, 11) is 0. The van der Waals surface area contributed by atoms with Gasteiger partial charge in [0.25, 0.3) is 0 Å². The molecule has 0 spiro atoms. The van der Waals surface area contributed by atoms with Crippen LogP contribution >= 0.6 is 11.6 Å². The summed E-state index contributed by atoms with van der Waals surface area (Å²) in [5.41, 5.74) is 10.5. The molecule has 0 atom stereocenters. The van der Waals surface area contributed by atoms with Gasteiger partial charge in [0.2, 0.25) is 0 Å². The molecular formula is C16H16ClNO. The summed E-state index contributed by atoms with van der Waals surface area (Å²) >= 11 is 6.19. The van der Waals surface area contributed by atoms with E-state index in [9.17, 15) is 4.79 Å². The van der Waals surface area contributed by atoms with E-state index in [1.165, 1.54) is 0 Å². The van der Waals surface area contributed by atoms with E-state index >= 15 is 0 Å². The lowest BCUT2D eigenvalue weighted by atomic mass is 9.96. The Morgan fingerprint density at radius 3 is 2.37 bits per heavy atom. The van der Waals surface area contributed by atoms with Crippen molar-refractivity contribution in [3.05, 3.63) is 63.2 Å². The smallest absolute Gasteiger partial charge is 0.194 e. The Morgan fingerprint density at radius 1 is 1.05 bits per heavy atom. The second-order valence-corrected chi connectivity index (χ2v) is 5.17. The first kappa shape index (κ1) is 13.6. The predicted molar refractivity (Wildman–Crippen MR) is 79.9 cm³/mol. The zero-order valence-corrected chi connectivity index (χ0v) is 12.0. The summed E-state index contributed by atoms with van der Waals surface area (Å²) in [5.74, 6) is -0.0853. The largest absolute Gasteiger partial charge is 0.398 e. The zero-order chi connectivity index (χ0) is 14.2. The number of benzene rings is 2. The molecule has 0 radical (unpaired) electrons. The second-order valence-electron chi connectivity index (χ2n) is 4.77. The molecule has 19 heavy (non-hydrogen) atoms. The van der Waals surface area contributed by atoms with Crippen LogP contribution in [-0.2, 0) is 0 Å². The van der Waals surface area contributed by atoms with Gasteiger partial charge in [0.05, 0.1) is 5.02 Å². The lowest BCUT2D eigenvalue weighted by Crippen LogP contribution is -2.07. The molecule has 2 rings (SSSR count). The van der Waals surface area contributed by atoms with Gasteiger partial charge in [0.15, 0.2) is 5.78 Å². The van der Waals surface area contributed by atoms with Gasteiger partial charge in [-0.15, -0.1) is 0 Å². The summed E-state index contributed by atoms with van der Waals surface area (Å²) in [6.45, 7) is 5.79. The van der Waals surface area contributed by atoms with Crippen molar-refractivity contribution in [1.29, 1.82) is 0 Å². The fraction of sp³-hybridized carbons (Fsp3) is 0.188. The summed E-state index contributed by atoms with van der Waals surface area (Å²) < 4.78 is 0. The van der Waals surface area contributed by atoms with Gasteiger partial charge >= 0.3 is 0 Å². The highest BCUT2D eigenvalue weighted by Crippen LogP contribution is 2.26. The third kappa shape index (κ3) is 2.49. The van der Waals surface area contributed by atoms with Gasteiger partial charge < -0.3 is 5.73 Å². The predicted octanol–water partition coefficient (Wildman–Crippen LogP) is 4.08. The molecule has 98 valence electrons. The highest BCUT2D eigenvalue weighted by molar-refractivity contribution is 6.35. The van der Waals surface area contributed by atoms with Crippen LogP contribution in [0.2, 0.25) is 5.02 Å². The molecule has 0 heterocycles. The minimum atomic E-state index is -0.0853. The maximum atomic E-state index is 12.6. The minimum Gasteiger partial charge on any atom is -0.398 e. The number of aryl methyl sites for hydroxylation is 2. The maximum Gasteiger partial charge on any atom is 0.194 e. The van der Waals surface area contributed by atoms with E-state index in [0.717, 1.165) is 16.7 Å². The molecule has 0 fully saturated rings. The number of hydrogen-bond donors (Lipinski definition) is 1. The summed E-state index contributed by atoms with van der Waals surface area (Å²) in [4.78, 5) is 12.6. The standard InChI is InChI=1S/C16H16ClNO/c1-9-7-13(14(17)8-10(9)2)16(19)12-5-4-6-15(18)11(12)3/h4-8H,18H2,1-3H3. The molecule has 2 nitrogen and oxygen atoms in total. The molecule has 2 aromatic carbocycles. The minimum absolute atomic E-state index is 0.0853. The van der Waals surface area contributed by atoms with Crippen LogP contribution < -0.4 is 5.73 Å². The Morgan fingerprint density at radius 2 is 1.68 bits per heavy atom. The highest BCUT2D eigenvalue weighted by atomic mass is 35.5. The topological polar surface area (TPSA) is 43.1 Å². The van der Waals surface area contributed by atoms with Crippen molar-refractivity contribution in [2.24, 2.45) is 0 Å². The van der Waals surface area contributed by atoms with E-state index in [0.29, 0.717) is 21.8 Å². The van der Waals surface area contributed by atoms with Crippen LogP contribution in [0.4, 0.5) is 5.69 Å². The van der Waals surface area contributed by atoms with Crippen molar-refractivity contribution in [2.45, 2.75) is 20.8 Å². The fourth-order valence-corrected chi connectivity index (χ4v) is 2.30. The van der Waals surface area contributed by atoms with Crippen LogP contribution in [0, 0.1) is 20.8 Å². The Labute approximate surface area is 118 Å². The average molecular weight is 274 g/mol. The molecule has 0 bridgehead atoms. The Balaban J connectivity index is 2.56. The summed E-state index contributed by atoms with van der Waals surface area (Å²) in [6, 6.07) is 9.01. The number of nitrogens with two attached hydrogens (primary N) is 1. The first-order valence-corrected chi connectivity index (χ1v) is 6.46. The molecule has 2 N–H and O–H groups in total. The van der Waals surface area contributed by atoms with E-state index in [-0.39, 0.29) is 5.78 Å². The monoisotopic (exact) mass is 273 g/mol. The first-order valence-electron chi connectivity index (χ1n) is 6.08. The van der Waals surface area contributed by atoms with Gasteiger partial charge in [-0.05, 0) is 55.7 Å². The zero-order valence-electron chi connectivity index (χ0n) is 11.3. The normalized spacial score (nSPS) is 10.5. The summed E-state index contributed by atoms with van der Waals surface area (Å²) in [5, 5.41) is 0.481. The van der Waals surface area contributed by atoms with Crippen LogP contribution in [0.15, 0.2) is 30.3 Å². The van der Waals surface area contributed by atoms with Crippen LogP contribution in [0.1, 0.15) is 32.6 Å². The van der Waals surface area contributed by atoms with Crippen LogP contribution in [0.3, 0.4) is 0 Å². The molecule has 0 aliphatic rings. The Hall–Kier alpha value is -1.80. The van der Waals surface area contributed by atoms with Crippen molar-refractivity contribution in [3.8, 4) is 0 Å². The third-order valence-electron chi connectivity index (χ3n) is 3.45. The van der Waals surface area contributed by atoms with Crippen molar-refractivity contribution < 1.29 is 4.79 Å². The number of anilines is 1. The van der Waals surface area contributed by atoms with Gasteiger partial charge in [0, 0.05) is 16.8 Å². The van der Waals surface area contributed by atoms with Gasteiger partial charge in [-0.25, -0.2) is 0 Å². The second kappa shape index (κ2) is 5.06. The number of halogens is 1. The number of carbonyl (C=O) groups is 1. The van der Waals surface area contributed by atoms with Gasteiger partial charge in [-0.1, -0.05) is 23.7 Å². The Bertz CT molecular complexity index is 662.